The van der Waals surface area contributed by atoms with Gasteiger partial charge in [-0.05, 0) is 25.5 Å². The SMILES string of the molecule is Cc1cccc(Cl)c1Nc1cc(-c2ccccc2)nc(N[C@H](C)CO)n1. The second-order valence-electron chi connectivity index (χ2n) is 6.11. The van der Waals surface area contributed by atoms with E-state index in [4.69, 9.17) is 11.6 Å². The van der Waals surface area contributed by atoms with Gasteiger partial charge in [0.15, 0.2) is 0 Å². The maximum Gasteiger partial charge on any atom is 0.225 e. The van der Waals surface area contributed by atoms with E-state index in [-0.39, 0.29) is 12.6 Å². The van der Waals surface area contributed by atoms with Crippen LogP contribution in [-0.2, 0) is 0 Å². The van der Waals surface area contributed by atoms with Gasteiger partial charge in [-0.2, -0.15) is 4.98 Å². The Morgan fingerprint density at radius 2 is 1.85 bits per heavy atom. The largest absolute Gasteiger partial charge is 0.394 e. The molecule has 26 heavy (non-hydrogen) atoms. The molecule has 3 aromatic rings. The summed E-state index contributed by atoms with van der Waals surface area (Å²) in [6, 6.07) is 17.3. The van der Waals surface area contributed by atoms with Gasteiger partial charge in [-0.15, -0.1) is 0 Å². The molecule has 1 atom stereocenters. The second-order valence-corrected chi connectivity index (χ2v) is 6.52. The summed E-state index contributed by atoms with van der Waals surface area (Å²) in [5.41, 5.74) is 3.60. The van der Waals surface area contributed by atoms with Crippen molar-refractivity contribution in [2.75, 3.05) is 17.2 Å². The minimum Gasteiger partial charge on any atom is -0.394 e. The highest BCUT2D eigenvalue weighted by atomic mass is 35.5. The molecule has 1 heterocycles. The molecule has 0 aliphatic rings. The van der Waals surface area contributed by atoms with Crippen molar-refractivity contribution in [1.82, 2.24) is 9.97 Å². The number of aliphatic hydroxyl groups is 1. The van der Waals surface area contributed by atoms with Crippen LogP contribution in [0.4, 0.5) is 17.5 Å². The highest BCUT2D eigenvalue weighted by Crippen LogP contribution is 2.30. The third-order valence-electron chi connectivity index (χ3n) is 3.92. The second kappa shape index (κ2) is 8.17. The Morgan fingerprint density at radius 1 is 1.08 bits per heavy atom. The van der Waals surface area contributed by atoms with Crippen LogP contribution in [0.1, 0.15) is 12.5 Å². The summed E-state index contributed by atoms with van der Waals surface area (Å²) in [6.45, 7) is 3.84. The van der Waals surface area contributed by atoms with Crippen LogP contribution in [0.5, 0.6) is 0 Å². The van der Waals surface area contributed by atoms with Crippen LogP contribution in [0, 0.1) is 6.92 Å². The lowest BCUT2D eigenvalue weighted by atomic mass is 10.1. The van der Waals surface area contributed by atoms with Crippen molar-refractivity contribution in [1.29, 1.82) is 0 Å². The average Bonchev–Trinajstić information content (AvgIpc) is 2.65. The van der Waals surface area contributed by atoms with Crippen LogP contribution in [0.3, 0.4) is 0 Å². The summed E-state index contributed by atoms with van der Waals surface area (Å²) in [4.78, 5) is 9.09. The third kappa shape index (κ3) is 4.31. The van der Waals surface area contributed by atoms with Crippen LogP contribution in [0.2, 0.25) is 5.02 Å². The van der Waals surface area contributed by atoms with E-state index < -0.39 is 0 Å². The number of hydrogen-bond acceptors (Lipinski definition) is 5. The van der Waals surface area contributed by atoms with E-state index in [1.165, 1.54) is 0 Å². The molecule has 0 saturated heterocycles. The van der Waals surface area contributed by atoms with E-state index in [0.717, 1.165) is 22.5 Å². The molecule has 0 aliphatic carbocycles. The fourth-order valence-electron chi connectivity index (χ4n) is 2.52. The summed E-state index contributed by atoms with van der Waals surface area (Å²) in [6.07, 6.45) is 0. The number of nitrogens with one attached hydrogen (secondary N) is 2. The van der Waals surface area contributed by atoms with E-state index in [2.05, 4.69) is 20.6 Å². The summed E-state index contributed by atoms with van der Waals surface area (Å²) >= 11 is 6.33. The number of anilines is 3. The quantitative estimate of drug-likeness (QED) is 0.591. The van der Waals surface area contributed by atoms with E-state index in [1.54, 1.807) is 0 Å². The molecular weight excluding hydrogens is 348 g/mol. The Balaban J connectivity index is 2.02. The van der Waals surface area contributed by atoms with Gasteiger partial charge in [0.25, 0.3) is 0 Å². The number of para-hydroxylation sites is 1. The van der Waals surface area contributed by atoms with Crippen LogP contribution >= 0.6 is 11.6 Å². The maximum atomic E-state index is 9.31. The Labute approximate surface area is 158 Å². The van der Waals surface area contributed by atoms with Crippen LogP contribution < -0.4 is 10.6 Å². The first-order valence-corrected chi connectivity index (χ1v) is 8.78. The molecule has 1 aromatic heterocycles. The van der Waals surface area contributed by atoms with Crippen molar-refractivity contribution in [3.05, 3.63) is 65.2 Å². The maximum absolute atomic E-state index is 9.31. The molecule has 0 aliphatic heterocycles. The highest BCUT2D eigenvalue weighted by Gasteiger charge is 2.11. The van der Waals surface area contributed by atoms with Gasteiger partial charge in [0.1, 0.15) is 5.82 Å². The standard InChI is InChI=1S/C20H21ClN4O/c1-13-7-6-10-16(21)19(13)24-18-11-17(15-8-4-3-5-9-15)23-20(25-18)22-14(2)12-26/h3-11,14,26H,12H2,1-2H3,(H2,22,23,24,25)/t14-/m1/s1. The zero-order valence-corrected chi connectivity index (χ0v) is 15.5. The molecule has 2 aromatic carbocycles. The normalized spacial score (nSPS) is 11.8. The molecule has 0 fully saturated rings. The topological polar surface area (TPSA) is 70.1 Å². The Bertz CT molecular complexity index is 866. The molecule has 0 amide bonds. The molecule has 3 rings (SSSR count). The minimum absolute atomic E-state index is 0.00862. The summed E-state index contributed by atoms with van der Waals surface area (Å²) in [5, 5.41) is 16.3. The van der Waals surface area contributed by atoms with Gasteiger partial charge in [-0.25, -0.2) is 4.98 Å². The van der Waals surface area contributed by atoms with Crippen molar-refractivity contribution in [2.24, 2.45) is 0 Å². The zero-order valence-electron chi connectivity index (χ0n) is 14.7. The van der Waals surface area contributed by atoms with Gasteiger partial charge in [0.2, 0.25) is 5.95 Å². The van der Waals surface area contributed by atoms with Gasteiger partial charge in [0, 0.05) is 17.7 Å². The summed E-state index contributed by atoms with van der Waals surface area (Å²) in [5.74, 6) is 1.07. The zero-order chi connectivity index (χ0) is 18.5. The lowest BCUT2D eigenvalue weighted by Gasteiger charge is -2.15. The Hall–Kier alpha value is -2.63. The fraction of sp³-hybridized carbons (Fsp3) is 0.200. The molecule has 134 valence electrons. The minimum atomic E-state index is -0.157. The van der Waals surface area contributed by atoms with E-state index in [1.807, 2.05) is 68.4 Å². The van der Waals surface area contributed by atoms with E-state index in [9.17, 15) is 5.11 Å². The molecule has 0 saturated carbocycles. The molecular formula is C20H21ClN4O. The van der Waals surface area contributed by atoms with Crippen molar-refractivity contribution in [3.63, 3.8) is 0 Å². The van der Waals surface area contributed by atoms with Crippen molar-refractivity contribution < 1.29 is 5.11 Å². The number of benzene rings is 2. The summed E-state index contributed by atoms with van der Waals surface area (Å²) < 4.78 is 0. The van der Waals surface area contributed by atoms with E-state index >= 15 is 0 Å². The first kappa shape index (κ1) is 18.2. The van der Waals surface area contributed by atoms with Gasteiger partial charge in [-0.1, -0.05) is 54.1 Å². The number of aromatic nitrogens is 2. The number of hydrogen-bond donors (Lipinski definition) is 3. The molecule has 0 spiro atoms. The van der Waals surface area contributed by atoms with Gasteiger partial charge in [0.05, 0.1) is 23.0 Å². The van der Waals surface area contributed by atoms with Crippen molar-refractivity contribution in [2.45, 2.75) is 19.9 Å². The Morgan fingerprint density at radius 3 is 2.54 bits per heavy atom. The number of aryl methyl sites for hydroxylation is 1. The van der Waals surface area contributed by atoms with Crippen molar-refractivity contribution >= 4 is 29.1 Å². The summed E-state index contributed by atoms with van der Waals surface area (Å²) in [7, 11) is 0. The van der Waals surface area contributed by atoms with Crippen LogP contribution in [0.25, 0.3) is 11.3 Å². The predicted octanol–water partition coefficient (Wildman–Crippen LogP) is 4.64. The highest BCUT2D eigenvalue weighted by molar-refractivity contribution is 6.33. The first-order chi connectivity index (χ1) is 12.6. The van der Waals surface area contributed by atoms with Gasteiger partial charge in [-0.3, -0.25) is 0 Å². The third-order valence-corrected chi connectivity index (χ3v) is 4.24. The lowest BCUT2D eigenvalue weighted by molar-refractivity contribution is 0.281. The van der Waals surface area contributed by atoms with Gasteiger partial charge < -0.3 is 15.7 Å². The first-order valence-electron chi connectivity index (χ1n) is 8.41. The molecule has 0 unspecified atom stereocenters. The predicted molar refractivity (Wildman–Crippen MR) is 107 cm³/mol. The number of nitrogens with zero attached hydrogens (tertiary/aromatic N) is 2. The smallest absolute Gasteiger partial charge is 0.225 e. The molecule has 0 radical (unpaired) electrons. The fourth-order valence-corrected chi connectivity index (χ4v) is 2.79. The number of halogens is 1. The monoisotopic (exact) mass is 368 g/mol. The number of rotatable bonds is 6. The molecule has 0 bridgehead atoms. The Kier molecular flexibility index (Phi) is 5.71. The van der Waals surface area contributed by atoms with E-state index in [0.29, 0.717) is 16.8 Å². The average molecular weight is 369 g/mol. The molecule has 3 N–H and O–H groups in total. The van der Waals surface area contributed by atoms with Crippen LogP contribution in [-0.4, -0.2) is 27.7 Å². The lowest BCUT2D eigenvalue weighted by Crippen LogP contribution is -2.21. The van der Waals surface area contributed by atoms with Crippen molar-refractivity contribution in [3.8, 4) is 11.3 Å². The number of aliphatic hydroxyl groups excluding tert-OH is 1. The molecule has 5 nitrogen and oxygen atoms in total. The van der Waals surface area contributed by atoms with Crippen LogP contribution in [0.15, 0.2) is 54.6 Å². The van der Waals surface area contributed by atoms with Gasteiger partial charge >= 0.3 is 0 Å². The molecule has 6 heteroatoms.